The quantitative estimate of drug-likeness (QED) is 0.897. The van der Waals surface area contributed by atoms with Crippen LogP contribution in [0.2, 0.25) is 0 Å². The molecule has 0 saturated heterocycles. The monoisotopic (exact) mass is 259 g/mol. The molecule has 2 nitrogen and oxygen atoms in total. The molecule has 1 saturated carbocycles. The van der Waals surface area contributed by atoms with Crippen molar-refractivity contribution in [2.75, 3.05) is 12.4 Å². The van der Waals surface area contributed by atoms with Gasteiger partial charge in [0.2, 0.25) is 0 Å². The van der Waals surface area contributed by atoms with Crippen molar-refractivity contribution >= 4 is 5.69 Å². The first kappa shape index (κ1) is 13.2. The lowest BCUT2D eigenvalue weighted by atomic mass is 9.93. The third kappa shape index (κ3) is 2.96. The molecule has 1 fully saturated rings. The van der Waals surface area contributed by atoms with Gasteiger partial charge in [0.15, 0.2) is 11.6 Å². The van der Waals surface area contributed by atoms with Crippen molar-refractivity contribution in [1.29, 1.82) is 0 Å². The molecule has 0 amide bonds. The van der Waals surface area contributed by atoms with Gasteiger partial charge in [-0.1, -0.05) is 0 Å². The van der Waals surface area contributed by atoms with Crippen LogP contribution in [0.3, 0.4) is 0 Å². The Morgan fingerprint density at radius 3 is 2.11 bits per heavy atom. The van der Waals surface area contributed by atoms with E-state index in [0.717, 1.165) is 25.7 Å². The zero-order valence-corrected chi connectivity index (χ0v) is 10.2. The molecule has 0 bridgehead atoms. The van der Waals surface area contributed by atoms with Crippen LogP contribution in [0.5, 0.6) is 0 Å². The van der Waals surface area contributed by atoms with Crippen molar-refractivity contribution < 1.29 is 17.9 Å². The first-order valence-corrected chi connectivity index (χ1v) is 6.04. The van der Waals surface area contributed by atoms with Gasteiger partial charge in [-0.2, -0.15) is 0 Å². The van der Waals surface area contributed by atoms with Crippen LogP contribution in [0, 0.1) is 17.5 Å². The summed E-state index contributed by atoms with van der Waals surface area (Å²) in [5.41, 5.74) is -0.239. The second-order valence-electron chi connectivity index (χ2n) is 4.60. The predicted octanol–water partition coefficient (Wildman–Crippen LogP) is 3.47. The Labute approximate surface area is 104 Å². The van der Waals surface area contributed by atoms with Gasteiger partial charge >= 0.3 is 0 Å². The number of benzene rings is 1. The van der Waals surface area contributed by atoms with E-state index in [1.807, 2.05) is 0 Å². The number of methoxy groups -OCH3 is 1. The highest BCUT2D eigenvalue weighted by Gasteiger charge is 2.22. The van der Waals surface area contributed by atoms with Crippen LogP contribution in [0.1, 0.15) is 25.7 Å². The maximum Gasteiger partial charge on any atom is 0.152 e. The van der Waals surface area contributed by atoms with E-state index in [0.29, 0.717) is 12.1 Å². The normalized spacial score (nSPS) is 24.0. The zero-order valence-electron chi connectivity index (χ0n) is 10.2. The second-order valence-corrected chi connectivity index (χ2v) is 4.60. The van der Waals surface area contributed by atoms with E-state index in [-0.39, 0.29) is 17.8 Å². The summed E-state index contributed by atoms with van der Waals surface area (Å²) in [7, 11) is 1.66. The third-order valence-corrected chi connectivity index (χ3v) is 3.36. The SMILES string of the molecule is COC1CCC(Nc2c(F)cc(F)cc2F)CC1. The maximum atomic E-state index is 13.4. The number of hydrogen-bond acceptors (Lipinski definition) is 2. The summed E-state index contributed by atoms with van der Waals surface area (Å²) in [6.45, 7) is 0. The molecule has 0 spiro atoms. The van der Waals surface area contributed by atoms with Crippen molar-refractivity contribution in [2.45, 2.75) is 37.8 Å². The average Bonchev–Trinajstić information content (AvgIpc) is 2.34. The Morgan fingerprint density at radius 1 is 1.06 bits per heavy atom. The molecule has 0 heterocycles. The predicted molar refractivity (Wildman–Crippen MR) is 63.0 cm³/mol. The van der Waals surface area contributed by atoms with Gasteiger partial charge in [0, 0.05) is 25.3 Å². The molecule has 1 aromatic rings. The summed E-state index contributed by atoms with van der Waals surface area (Å²) in [5.74, 6) is -2.68. The molecule has 0 atom stereocenters. The summed E-state index contributed by atoms with van der Waals surface area (Å²) >= 11 is 0. The zero-order chi connectivity index (χ0) is 13.1. The number of anilines is 1. The van der Waals surface area contributed by atoms with E-state index in [4.69, 9.17) is 4.74 Å². The molecule has 2 rings (SSSR count). The standard InChI is InChI=1S/C13H16F3NO/c1-18-10-4-2-9(3-5-10)17-13-11(15)6-8(14)7-12(13)16/h6-7,9-10,17H,2-5H2,1H3. The highest BCUT2D eigenvalue weighted by molar-refractivity contribution is 5.47. The average molecular weight is 259 g/mol. The summed E-state index contributed by atoms with van der Waals surface area (Å²) in [6, 6.07) is 1.38. The van der Waals surface area contributed by atoms with E-state index >= 15 is 0 Å². The smallest absolute Gasteiger partial charge is 0.152 e. The van der Waals surface area contributed by atoms with Crippen molar-refractivity contribution in [1.82, 2.24) is 0 Å². The largest absolute Gasteiger partial charge is 0.381 e. The van der Waals surface area contributed by atoms with E-state index in [1.165, 1.54) is 0 Å². The molecule has 18 heavy (non-hydrogen) atoms. The van der Waals surface area contributed by atoms with Crippen LogP contribution in [0.15, 0.2) is 12.1 Å². The molecule has 0 unspecified atom stereocenters. The maximum absolute atomic E-state index is 13.4. The molecular weight excluding hydrogens is 243 g/mol. The second kappa shape index (κ2) is 5.61. The Balaban J connectivity index is 2.02. The van der Waals surface area contributed by atoms with Gasteiger partial charge in [-0.3, -0.25) is 0 Å². The Morgan fingerprint density at radius 2 is 1.61 bits per heavy atom. The first-order valence-electron chi connectivity index (χ1n) is 6.04. The minimum Gasteiger partial charge on any atom is -0.381 e. The fourth-order valence-electron chi connectivity index (χ4n) is 2.33. The molecule has 100 valence electrons. The van der Waals surface area contributed by atoms with Gasteiger partial charge in [-0.15, -0.1) is 0 Å². The minimum absolute atomic E-state index is 0.00543. The Hall–Kier alpha value is -1.23. The van der Waals surface area contributed by atoms with Gasteiger partial charge < -0.3 is 10.1 Å². The fraction of sp³-hybridized carbons (Fsp3) is 0.538. The van der Waals surface area contributed by atoms with Gasteiger partial charge in [0.05, 0.1) is 6.10 Å². The molecule has 0 radical (unpaired) electrons. The van der Waals surface area contributed by atoms with Crippen LogP contribution >= 0.6 is 0 Å². The van der Waals surface area contributed by atoms with Crippen LogP contribution < -0.4 is 5.32 Å². The summed E-state index contributed by atoms with van der Waals surface area (Å²) in [4.78, 5) is 0. The molecular formula is C13H16F3NO. The number of rotatable bonds is 3. The topological polar surface area (TPSA) is 21.3 Å². The van der Waals surface area contributed by atoms with Crippen LogP contribution in [-0.4, -0.2) is 19.3 Å². The third-order valence-electron chi connectivity index (χ3n) is 3.36. The van der Waals surface area contributed by atoms with Gasteiger partial charge in [-0.25, -0.2) is 13.2 Å². The van der Waals surface area contributed by atoms with Crippen molar-refractivity contribution in [3.63, 3.8) is 0 Å². The molecule has 1 aromatic carbocycles. The van der Waals surface area contributed by atoms with Crippen LogP contribution in [0.4, 0.5) is 18.9 Å². The lowest BCUT2D eigenvalue weighted by Gasteiger charge is -2.29. The summed E-state index contributed by atoms with van der Waals surface area (Å²) in [6.07, 6.45) is 3.52. The van der Waals surface area contributed by atoms with E-state index in [9.17, 15) is 13.2 Å². The molecule has 0 aliphatic heterocycles. The van der Waals surface area contributed by atoms with Crippen molar-refractivity contribution in [3.05, 3.63) is 29.6 Å². The van der Waals surface area contributed by atoms with Crippen LogP contribution in [0.25, 0.3) is 0 Å². The van der Waals surface area contributed by atoms with E-state index in [2.05, 4.69) is 5.32 Å². The number of nitrogens with one attached hydrogen (secondary N) is 1. The van der Waals surface area contributed by atoms with Gasteiger partial charge in [0.1, 0.15) is 11.5 Å². The molecule has 1 aliphatic carbocycles. The summed E-state index contributed by atoms with van der Waals surface area (Å²) < 4.78 is 44.9. The first-order chi connectivity index (χ1) is 8.60. The van der Waals surface area contributed by atoms with Crippen LogP contribution in [-0.2, 0) is 4.74 Å². The summed E-state index contributed by atoms with van der Waals surface area (Å²) in [5, 5.41) is 2.82. The van der Waals surface area contributed by atoms with E-state index in [1.54, 1.807) is 7.11 Å². The lowest BCUT2D eigenvalue weighted by Crippen LogP contribution is -2.29. The number of ether oxygens (including phenoxy) is 1. The minimum atomic E-state index is -0.904. The molecule has 0 aromatic heterocycles. The van der Waals surface area contributed by atoms with Gasteiger partial charge in [0.25, 0.3) is 0 Å². The molecule has 1 N–H and O–H groups in total. The number of hydrogen-bond donors (Lipinski definition) is 1. The Kier molecular flexibility index (Phi) is 4.11. The Bertz CT molecular complexity index is 394. The fourth-order valence-corrected chi connectivity index (χ4v) is 2.33. The molecule has 1 aliphatic rings. The number of halogens is 3. The van der Waals surface area contributed by atoms with Crippen molar-refractivity contribution in [3.8, 4) is 0 Å². The van der Waals surface area contributed by atoms with E-state index < -0.39 is 17.5 Å². The lowest BCUT2D eigenvalue weighted by molar-refractivity contribution is 0.0681. The molecule has 5 heteroatoms. The highest BCUT2D eigenvalue weighted by Crippen LogP contribution is 2.27. The van der Waals surface area contributed by atoms with Crippen molar-refractivity contribution in [2.24, 2.45) is 0 Å². The van der Waals surface area contributed by atoms with Gasteiger partial charge in [-0.05, 0) is 25.7 Å². The highest BCUT2D eigenvalue weighted by atomic mass is 19.1.